The summed E-state index contributed by atoms with van der Waals surface area (Å²) in [6.07, 6.45) is 3.09. The van der Waals surface area contributed by atoms with Crippen molar-refractivity contribution in [3.63, 3.8) is 0 Å². The molecule has 1 aliphatic carbocycles. The van der Waals surface area contributed by atoms with Gasteiger partial charge in [-0.1, -0.05) is 12.8 Å². The summed E-state index contributed by atoms with van der Waals surface area (Å²) in [4.78, 5) is 22.9. The molecule has 0 aromatic rings. The summed E-state index contributed by atoms with van der Waals surface area (Å²) in [6.45, 7) is 5.53. The highest BCUT2D eigenvalue weighted by Gasteiger charge is 2.29. The van der Waals surface area contributed by atoms with Crippen LogP contribution in [0.5, 0.6) is 0 Å². The first-order valence-corrected chi connectivity index (χ1v) is 7.02. The van der Waals surface area contributed by atoms with E-state index in [-0.39, 0.29) is 12.6 Å². The Kier molecular flexibility index (Phi) is 6.10. The fraction of sp³-hybridized carbons (Fsp3) is 0.857. The van der Waals surface area contributed by atoms with Gasteiger partial charge in [-0.05, 0) is 39.5 Å². The van der Waals surface area contributed by atoms with Crippen LogP contribution in [0.2, 0.25) is 0 Å². The van der Waals surface area contributed by atoms with Crippen LogP contribution in [0.4, 0.5) is 9.59 Å². The highest BCUT2D eigenvalue weighted by molar-refractivity contribution is 5.68. The van der Waals surface area contributed by atoms with E-state index in [0.29, 0.717) is 5.92 Å². The van der Waals surface area contributed by atoms with Crippen molar-refractivity contribution in [1.29, 1.82) is 0 Å². The molecule has 1 atom stereocenters. The Labute approximate surface area is 120 Å². The van der Waals surface area contributed by atoms with Crippen molar-refractivity contribution >= 4 is 12.2 Å². The molecule has 1 rings (SSSR count). The SMILES string of the molecule is COC(=O)OC[C@@H](NC(=O)OC(C)(C)C)C1CCCC1. The Bertz CT molecular complexity index is 331. The molecule has 0 unspecified atom stereocenters. The van der Waals surface area contributed by atoms with Gasteiger partial charge in [0.05, 0.1) is 13.2 Å². The third kappa shape index (κ3) is 6.12. The second kappa shape index (κ2) is 7.36. The molecular formula is C14H25NO5. The van der Waals surface area contributed by atoms with Crippen LogP contribution in [0.15, 0.2) is 0 Å². The second-order valence-corrected chi connectivity index (χ2v) is 6.06. The van der Waals surface area contributed by atoms with E-state index >= 15 is 0 Å². The van der Waals surface area contributed by atoms with Crippen LogP contribution in [0.3, 0.4) is 0 Å². The van der Waals surface area contributed by atoms with Crippen molar-refractivity contribution in [1.82, 2.24) is 5.32 Å². The van der Waals surface area contributed by atoms with Crippen LogP contribution in [-0.2, 0) is 14.2 Å². The minimum absolute atomic E-state index is 0.108. The predicted molar refractivity (Wildman–Crippen MR) is 73.5 cm³/mol. The van der Waals surface area contributed by atoms with Crippen LogP contribution in [0.25, 0.3) is 0 Å². The van der Waals surface area contributed by atoms with Gasteiger partial charge in [0.2, 0.25) is 0 Å². The minimum Gasteiger partial charge on any atom is -0.444 e. The first kappa shape index (κ1) is 16.6. The molecule has 6 heteroatoms. The van der Waals surface area contributed by atoms with Crippen molar-refractivity contribution < 1.29 is 23.8 Å². The molecule has 1 amide bonds. The third-order valence-electron chi connectivity index (χ3n) is 3.22. The van der Waals surface area contributed by atoms with Gasteiger partial charge in [-0.3, -0.25) is 0 Å². The molecule has 0 bridgehead atoms. The molecule has 20 heavy (non-hydrogen) atoms. The maximum absolute atomic E-state index is 11.8. The lowest BCUT2D eigenvalue weighted by Gasteiger charge is -2.26. The van der Waals surface area contributed by atoms with Crippen LogP contribution in [0, 0.1) is 5.92 Å². The number of alkyl carbamates (subject to hydrolysis) is 1. The topological polar surface area (TPSA) is 73.9 Å². The molecular weight excluding hydrogens is 262 g/mol. The van der Waals surface area contributed by atoms with Gasteiger partial charge >= 0.3 is 12.2 Å². The number of carbonyl (C=O) groups is 2. The standard InChI is InChI=1S/C14H25NO5/c1-14(2,3)20-12(16)15-11(9-19-13(17)18-4)10-7-5-6-8-10/h10-11H,5-9H2,1-4H3,(H,15,16)/t11-/m1/s1. The molecule has 1 aliphatic rings. The van der Waals surface area contributed by atoms with E-state index in [0.717, 1.165) is 25.7 Å². The smallest absolute Gasteiger partial charge is 0.444 e. The second-order valence-electron chi connectivity index (χ2n) is 6.06. The molecule has 0 radical (unpaired) electrons. The van der Waals surface area contributed by atoms with Crippen molar-refractivity contribution in [2.75, 3.05) is 13.7 Å². The maximum Gasteiger partial charge on any atom is 0.508 e. The lowest BCUT2D eigenvalue weighted by Crippen LogP contribution is -2.45. The first-order valence-electron chi connectivity index (χ1n) is 7.02. The molecule has 0 aromatic carbocycles. The Hall–Kier alpha value is -1.46. The maximum atomic E-state index is 11.8. The summed E-state index contributed by atoms with van der Waals surface area (Å²) in [7, 11) is 1.26. The van der Waals surface area contributed by atoms with E-state index in [2.05, 4.69) is 10.1 Å². The Morgan fingerprint density at radius 3 is 2.35 bits per heavy atom. The first-order chi connectivity index (χ1) is 9.31. The molecule has 116 valence electrons. The van der Waals surface area contributed by atoms with Gasteiger partial charge in [0.25, 0.3) is 0 Å². The number of hydrogen-bond donors (Lipinski definition) is 1. The number of methoxy groups -OCH3 is 1. The summed E-state index contributed by atoms with van der Waals surface area (Å²) >= 11 is 0. The van der Waals surface area contributed by atoms with Crippen LogP contribution in [0.1, 0.15) is 46.5 Å². The van der Waals surface area contributed by atoms with Crippen molar-refractivity contribution in [3.05, 3.63) is 0 Å². The summed E-state index contributed by atoms with van der Waals surface area (Å²) in [5.74, 6) is 0.312. The normalized spacial score (nSPS) is 17.4. The van der Waals surface area contributed by atoms with Gasteiger partial charge in [-0.25, -0.2) is 9.59 Å². The number of rotatable bonds is 4. The number of ether oxygens (including phenoxy) is 3. The largest absolute Gasteiger partial charge is 0.508 e. The summed E-state index contributed by atoms with van der Waals surface area (Å²) < 4.78 is 14.6. The highest BCUT2D eigenvalue weighted by Crippen LogP contribution is 2.28. The number of amides is 1. The van der Waals surface area contributed by atoms with Crippen LogP contribution in [-0.4, -0.2) is 37.6 Å². The number of hydrogen-bond acceptors (Lipinski definition) is 5. The molecule has 0 aliphatic heterocycles. The lowest BCUT2D eigenvalue weighted by molar-refractivity contribution is 0.0359. The zero-order chi connectivity index (χ0) is 15.2. The van der Waals surface area contributed by atoms with Crippen molar-refractivity contribution in [3.8, 4) is 0 Å². The van der Waals surface area contributed by atoms with E-state index in [4.69, 9.17) is 9.47 Å². The zero-order valence-corrected chi connectivity index (χ0v) is 12.7. The van der Waals surface area contributed by atoms with Crippen LogP contribution < -0.4 is 5.32 Å². The third-order valence-corrected chi connectivity index (χ3v) is 3.22. The Morgan fingerprint density at radius 2 is 1.85 bits per heavy atom. The van der Waals surface area contributed by atoms with Gasteiger partial charge in [0.1, 0.15) is 12.2 Å². The molecule has 1 saturated carbocycles. The summed E-state index contributed by atoms with van der Waals surface area (Å²) in [5, 5.41) is 2.80. The molecule has 6 nitrogen and oxygen atoms in total. The molecule has 0 heterocycles. The zero-order valence-electron chi connectivity index (χ0n) is 12.7. The van der Waals surface area contributed by atoms with Crippen molar-refractivity contribution in [2.24, 2.45) is 5.92 Å². The Balaban J connectivity index is 2.53. The van der Waals surface area contributed by atoms with Gasteiger partial charge in [0, 0.05) is 0 Å². The van der Waals surface area contributed by atoms with E-state index in [1.807, 2.05) is 20.8 Å². The summed E-state index contributed by atoms with van der Waals surface area (Å²) in [5.41, 5.74) is -0.548. The molecule has 1 fully saturated rings. The van der Waals surface area contributed by atoms with E-state index in [1.165, 1.54) is 7.11 Å². The average Bonchev–Trinajstić information content (AvgIpc) is 2.85. The highest BCUT2D eigenvalue weighted by atomic mass is 16.7. The van der Waals surface area contributed by atoms with Gasteiger partial charge in [0.15, 0.2) is 0 Å². The van der Waals surface area contributed by atoms with Crippen molar-refractivity contribution in [2.45, 2.75) is 58.1 Å². The van der Waals surface area contributed by atoms with E-state index in [9.17, 15) is 9.59 Å². The molecule has 0 saturated heterocycles. The van der Waals surface area contributed by atoms with Gasteiger partial charge < -0.3 is 19.5 Å². The fourth-order valence-corrected chi connectivity index (χ4v) is 2.33. The lowest BCUT2D eigenvalue weighted by atomic mass is 9.99. The Morgan fingerprint density at radius 1 is 1.25 bits per heavy atom. The predicted octanol–water partition coefficient (Wildman–Crippen LogP) is 2.85. The van der Waals surface area contributed by atoms with E-state index in [1.54, 1.807) is 0 Å². The molecule has 0 aromatic heterocycles. The quantitative estimate of drug-likeness (QED) is 0.805. The average molecular weight is 287 g/mol. The summed E-state index contributed by atoms with van der Waals surface area (Å²) in [6, 6.07) is -0.230. The molecule has 0 spiro atoms. The minimum atomic E-state index is -0.737. The monoisotopic (exact) mass is 287 g/mol. The van der Waals surface area contributed by atoms with Gasteiger partial charge in [-0.2, -0.15) is 0 Å². The van der Waals surface area contributed by atoms with Crippen LogP contribution >= 0.6 is 0 Å². The molecule has 1 N–H and O–H groups in total. The number of nitrogens with one attached hydrogen (secondary N) is 1. The van der Waals surface area contributed by atoms with Gasteiger partial charge in [-0.15, -0.1) is 0 Å². The number of carbonyl (C=O) groups excluding carboxylic acids is 2. The van der Waals surface area contributed by atoms with E-state index < -0.39 is 17.8 Å². The fourth-order valence-electron chi connectivity index (χ4n) is 2.33.